The Morgan fingerprint density at radius 3 is 1.48 bits per heavy atom. The molecule has 0 atom stereocenters. The van der Waals surface area contributed by atoms with Crippen LogP contribution < -0.4 is 9.47 Å². The Labute approximate surface area is 536 Å². The van der Waals surface area contributed by atoms with Gasteiger partial charge >= 0.3 is 0 Å². The molecule has 5 heterocycles. The van der Waals surface area contributed by atoms with E-state index in [2.05, 4.69) is 308 Å². The topological polar surface area (TPSA) is 62.1 Å². The van der Waals surface area contributed by atoms with Crippen molar-refractivity contribution >= 4 is 32.8 Å². The predicted octanol–water partition coefficient (Wildman–Crippen LogP) is 21.4. The standard InChI is InChI=1S/C87H52N4O2/c1-2-20-55(21-3-1)85-90-77-38-13-14-39-78(77)91(85)59-24-16-22-56(50-59)61-29-17-37-75-84(61)93-80-52-58(44-47-73(80)87(75)70-33-10-6-27-65(70)66-28-7-11-34-71(66)87)60-46-43-57(51-67(60)76-48-45-54-42-41-53-23-19-49-88-81(53)82(54)89-76)62-30-18-36-74-83(62)92-79-40-15-12-35-72(79)86(74)68-31-8-4-25-63(68)64-26-5-9-32-69(64)86/h1-52H. The zero-order valence-electron chi connectivity index (χ0n) is 50.1. The van der Waals surface area contributed by atoms with E-state index in [1.807, 2.05) is 12.3 Å². The summed E-state index contributed by atoms with van der Waals surface area (Å²) < 4.78 is 17.3. The highest BCUT2D eigenvalue weighted by atomic mass is 16.5. The summed E-state index contributed by atoms with van der Waals surface area (Å²) in [6, 6.07) is 112. The molecular weight excluding hydrogens is 1130 g/mol. The normalized spacial score (nSPS) is 13.7. The Balaban J connectivity index is 0.802. The van der Waals surface area contributed by atoms with Gasteiger partial charge in [-0.15, -0.1) is 0 Å². The Bertz CT molecular complexity index is 5770. The molecule has 2 aliphatic heterocycles. The zero-order chi connectivity index (χ0) is 60.9. The molecule has 13 aromatic carbocycles. The van der Waals surface area contributed by atoms with Crippen molar-refractivity contribution in [2.75, 3.05) is 0 Å². The van der Waals surface area contributed by atoms with Gasteiger partial charge in [-0.1, -0.05) is 255 Å². The van der Waals surface area contributed by atoms with E-state index in [0.717, 1.165) is 140 Å². The Morgan fingerprint density at radius 2 is 0.796 bits per heavy atom. The van der Waals surface area contributed by atoms with Gasteiger partial charge in [0.1, 0.15) is 28.8 Å². The molecule has 16 aromatic rings. The number of nitrogens with zero attached hydrogens (tertiary/aromatic N) is 4. The first-order chi connectivity index (χ1) is 46.1. The van der Waals surface area contributed by atoms with Gasteiger partial charge in [-0.3, -0.25) is 9.55 Å². The van der Waals surface area contributed by atoms with E-state index < -0.39 is 10.8 Å². The van der Waals surface area contributed by atoms with E-state index in [0.29, 0.717) is 0 Å². The average molecular weight is 1190 g/mol. The molecule has 6 heteroatoms. The van der Waals surface area contributed by atoms with Crippen molar-refractivity contribution in [1.29, 1.82) is 0 Å². The molecule has 4 aliphatic rings. The van der Waals surface area contributed by atoms with Crippen LogP contribution in [-0.2, 0) is 10.8 Å². The zero-order valence-corrected chi connectivity index (χ0v) is 50.1. The van der Waals surface area contributed by atoms with Gasteiger partial charge in [0.25, 0.3) is 0 Å². The van der Waals surface area contributed by atoms with Crippen molar-refractivity contribution in [2.24, 2.45) is 0 Å². The van der Waals surface area contributed by atoms with Crippen LogP contribution in [0.2, 0.25) is 0 Å². The maximum Gasteiger partial charge on any atom is 0.145 e. The molecule has 0 radical (unpaired) electrons. The minimum atomic E-state index is -0.730. The number of rotatable bonds is 6. The molecule has 93 heavy (non-hydrogen) atoms. The average Bonchev–Trinajstić information content (AvgIpc) is 1.64. The lowest BCUT2D eigenvalue weighted by Crippen LogP contribution is -2.32. The molecule has 0 fully saturated rings. The van der Waals surface area contributed by atoms with Gasteiger partial charge in [-0.25, -0.2) is 9.97 Å². The van der Waals surface area contributed by atoms with Crippen LogP contribution in [-0.4, -0.2) is 19.5 Å². The monoisotopic (exact) mass is 1180 g/mol. The fraction of sp³-hybridized carbons (Fsp3) is 0.0230. The lowest BCUT2D eigenvalue weighted by molar-refractivity contribution is 0.438. The van der Waals surface area contributed by atoms with Crippen molar-refractivity contribution < 1.29 is 9.47 Å². The number of imidazole rings is 1. The van der Waals surface area contributed by atoms with Gasteiger partial charge in [0.2, 0.25) is 0 Å². The minimum Gasteiger partial charge on any atom is -0.456 e. The molecular formula is C87H52N4O2. The lowest BCUT2D eigenvalue weighted by atomic mass is 9.65. The fourth-order valence-electron chi connectivity index (χ4n) is 16.4. The van der Waals surface area contributed by atoms with E-state index in [-0.39, 0.29) is 0 Å². The first kappa shape index (κ1) is 51.6. The highest BCUT2D eigenvalue weighted by molar-refractivity contribution is 6.04. The number of pyridine rings is 2. The minimum absolute atomic E-state index is 0.618. The van der Waals surface area contributed by atoms with Crippen LogP contribution in [0.5, 0.6) is 23.0 Å². The molecule has 20 rings (SSSR count). The van der Waals surface area contributed by atoms with Crippen molar-refractivity contribution in [2.45, 2.75) is 10.8 Å². The number of hydrogen-bond donors (Lipinski definition) is 0. The van der Waals surface area contributed by atoms with Crippen LogP contribution >= 0.6 is 0 Å². The number of fused-ring (bicyclic) bond motifs is 22. The largest absolute Gasteiger partial charge is 0.456 e. The van der Waals surface area contributed by atoms with Gasteiger partial charge in [0.15, 0.2) is 0 Å². The SMILES string of the molecule is c1ccc(-c2nc3ccccc3n2-c2cccc(-c3cccc4c3Oc3cc(-c5ccc(-c6cccc7c6Oc6ccccc6C76c7ccccc7-c7ccccc76)cc5-c5ccc6ccc7cccnc7c6n5)ccc3C43c4ccccc4-c4ccccc43)c2)cc1. The van der Waals surface area contributed by atoms with E-state index in [4.69, 9.17) is 24.4 Å². The number of aromatic nitrogens is 4. The van der Waals surface area contributed by atoms with Gasteiger partial charge < -0.3 is 9.47 Å². The summed E-state index contributed by atoms with van der Waals surface area (Å²) in [6.07, 6.45) is 1.86. The predicted molar refractivity (Wildman–Crippen MR) is 374 cm³/mol. The van der Waals surface area contributed by atoms with Gasteiger partial charge in [0, 0.05) is 67.2 Å². The van der Waals surface area contributed by atoms with E-state index in [1.54, 1.807) is 0 Å². The number of benzene rings is 13. The van der Waals surface area contributed by atoms with Crippen molar-refractivity contribution in [3.8, 4) is 107 Å². The molecule has 0 unspecified atom stereocenters. The van der Waals surface area contributed by atoms with Crippen LogP contribution in [0.1, 0.15) is 44.5 Å². The summed E-state index contributed by atoms with van der Waals surface area (Å²) in [5.41, 5.74) is 26.5. The van der Waals surface area contributed by atoms with Crippen LogP contribution in [0.3, 0.4) is 0 Å². The molecule has 432 valence electrons. The first-order valence-electron chi connectivity index (χ1n) is 31.8. The summed E-state index contributed by atoms with van der Waals surface area (Å²) >= 11 is 0. The highest BCUT2D eigenvalue weighted by Crippen LogP contribution is 2.66. The van der Waals surface area contributed by atoms with Crippen molar-refractivity contribution in [1.82, 2.24) is 19.5 Å². The fourth-order valence-corrected chi connectivity index (χ4v) is 16.4. The highest BCUT2D eigenvalue weighted by Gasteiger charge is 2.53. The second-order valence-electron chi connectivity index (χ2n) is 24.8. The summed E-state index contributed by atoms with van der Waals surface area (Å²) in [5.74, 6) is 4.16. The maximum absolute atomic E-state index is 7.71. The third kappa shape index (κ3) is 7.20. The van der Waals surface area contributed by atoms with Gasteiger partial charge in [0.05, 0.1) is 38.6 Å². The molecule has 3 aromatic heterocycles. The summed E-state index contributed by atoms with van der Waals surface area (Å²) in [6.45, 7) is 0. The number of ether oxygens (including phenoxy) is 2. The first-order valence-corrected chi connectivity index (χ1v) is 31.8. The van der Waals surface area contributed by atoms with Gasteiger partial charge in [-0.2, -0.15) is 0 Å². The molecule has 0 saturated heterocycles. The molecule has 2 aliphatic carbocycles. The van der Waals surface area contributed by atoms with Crippen LogP contribution in [0.25, 0.3) is 117 Å². The molecule has 0 amide bonds. The van der Waals surface area contributed by atoms with Crippen LogP contribution in [0, 0.1) is 0 Å². The quantitative estimate of drug-likeness (QED) is 0.155. The molecule has 0 bridgehead atoms. The van der Waals surface area contributed by atoms with Crippen LogP contribution in [0.15, 0.2) is 316 Å². The number of hydrogen-bond acceptors (Lipinski definition) is 5. The smallest absolute Gasteiger partial charge is 0.145 e. The third-order valence-electron chi connectivity index (χ3n) is 20.2. The third-order valence-corrected chi connectivity index (χ3v) is 20.2. The van der Waals surface area contributed by atoms with Crippen LogP contribution in [0.4, 0.5) is 0 Å². The Kier molecular flexibility index (Phi) is 10.9. The second-order valence-corrected chi connectivity index (χ2v) is 24.8. The summed E-state index contributed by atoms with van der Waals surface area (Å²) in [7, 11) is 0. The summed E-state index contributed by atoms with van der Waals surface area (Å²) in [4.78, 5) is 15.8. The molecule has 2 spiro atoms. The van der Waals surface area contributed by atoms with E-state index in [1.165, 1.54) is 44.5 Å². The second kappa shape index (κ2) is 19.6. The Hall–Kier alpha value is -12.3. The van der Waals surface area contributed by atoms with Crippen molar-refractivity contribution in [3.05, 3.63) is 360 Å². The van der Waals surface area contributed by atoms with Crippen molar-refractivity contribution in [3.63, 3.8) is 0 Å². The Morgan fingerprint density at radius 1 is 0.290 bits per heavy atom. The van der Waals surface area contributed by atoms with E-state index >= 15 is 0 Å². The lowest BCUT2D eigenvalue weighted by Gasteiger charge is -2.40. The molecule has 0 N–H and O–H groups in total. The van der Waals surface area contributed by atoms with Gasteiger partial charge in [-0.05, 0) is 121 Å². The molecule has 0 saturated carbocycles. The molecule has 6 nitrogen and oxygen atoms in total. The maximum atomic E-state index is 7.71. The summed E-state index contributed by atoms with van der Waals surface area (Å²) in [5, 5.41) is 2.06. The number of para-hydroxylation sites is 5. The van der Waals surface area contributed by atoms with E-state index in [9.17, 15) is 0 Å².